The number of thiazole rings is 1. The first-order valence-electron chi connectivity index (χ1n) is 6.60. The molecule has 0 bridgehead atoms. The van der Waals surface area contributed by atoms with E-state index in [0.717, 1.165) is 16.0 Å². The van der Waals surface area contributed by atoms with Gasteiger partial charge in [-0.1, -0.05) is 22.9 Å². The second-order valence-electron chi connectivity index (χ2n) is 4.53. The van der Waals surface area contributed by atoms with Crippen LogP contribution in [0.5, 0.6) is 5.75 Å². The third-order valence-electron chi connectivity index (χ3n) is 2.89. The van der Waals surface area contributed by atoms with Gasteiger partial charge in [-0.05, 0) is 25.1 Å². The zero-order chi connectivity index (χ0) is 15.7. The van der Waals surface area contributed by atoms with E-state index >= 15 is 0 Å². The van der Waals surface area contributed by atoms with Crippen molar-refractivity contribution in [2.75, 3.05) is 11.9 Å². The van der Waals surface area contributed by atoms with Gasteiger partial charge in [0.25, 0.3) is 5.91 Å². The summed E-state index contributed by atoms with van der Waals surface area (Å²) in [6.45, 7) is 2.53. The van der Waals surface area contributed by atoms with E-state index in [9.17, 15) is 4.79 Å². The van der Waals surface area contributed by atoms with Crippen molar-refractivity contribution < 1.29 is 9.53 Å². The van der Waals surface area contributed by atoms with Gasteiger partial charge in [0.15, 0.2) is 10.8 Å². The summed E-state index contributed by atoms with van der Waals surface area (Å²) in [4.78, 5) is 16.5. The van der Waals surface area contributed by atoms with Crippen LogP contribution in [-0.4, -0.2) is 27.3 Å². The van der Waals surface area contributed by atoms with Crippen LogP contribution in [0.25, 0.3) is 10.2 Å². The lowest BCUT2D eigenvalue weighted by atomic mass is 10.3. The van der Waals surface area contributed by atoms with E-state index in [1.165, 1.54) is 16.0 Å². The third kappa shape index (κ3) is 2.90. The smallest absolute Gasteiger partial charge is 0.279 e. The minimum Gasteiger partial charge on any atom is -0.494 e. The zero-order valence-electron chi connectivity index (χ0n) is 12.0. The number of halogens is 1. The fraction of sp³-hybridized carbons (Fsp3) is 0.214. The van der Waals surface area contributed by atoms with Crippen LogP contribution in [-0.2, 0) is 7.05 Å². The van der Waals surface area contributed by atoms with Crippen LogP contribution in [0.2, 0.25) is 5.02 Å². The molecule has 0 saturated carbocycles. The first kappa shape index (κ1) is 14.8. The summed E-state index contributed by atoms with van der Waals surface area (Å²) in [5, 5.41) is 7.55. The Balaban J connectivity index is 1.84. The van der Waals surface area contributed by atoms with Crippen molar-refractivity contribution in [1.29, 1.82) is 0 Å². The topological polar surface area (TPSA) is 69.0 Å². The van der Waals surface area contributed by atoms with Gasteiger partial charge in [-0.15, -0.1) is 0 Å². The highest BCUT2D eigenvalue weighted by molar-refractivity contribution is 7.22. The summed E-state index contributed by atoms with van der Waals surface area (Å²) in [5.41, 5.74) is 0.981. The molecule has 3 rings (SSSR count). The summed E-state index contributed by atoms with van der Waals surface area (Å²) in [5.74, 6) is 0.402. The maximum absolute atomic E-state index is 12.2. The zero-order valence-corrected chi connectivity index (χ0v) is 13.5. The van der Waals surface area contributed by atoms with Gasteiger partial charge in [-0.2, -0.15) is 5.10 Å². The molecule has 2 aromatic heterocycles. The van der Waals surface area contributed by atoms with E-state index in [4.69, 9.17) is 16.3 Å². The first-order chi connectivity index (χ1) is 10.6. The average Bonchev–Trinajstić information content (AvgIpc) is 3.01. The number of hydrogen-bond donors (Lipinski definition) is 1. The Labute approximate surface area is 135 Å². The fourth-order valence-corrected chi connectivity index (χ4v) is 3.14. The molecule has 1 aromatic carbocycles. The Morgan fingerprint density at radius 1 is 1.50 bits per heavy atom. The lowest BCUT2D eigenvalue weighted by Crippen LogP contribution is -2.13. The maximum atomic E-state index is 12.2. The summed E-state index contributed by atoms with van der Waals surface area (Å²) in [6.07, 6.45) is 1.57. The lowest BCUT2D eigenvalue weighted by Gasteiger charge is -2.00. The summed E-state index contributed by atoms with van der Waals surface area (Å²) >= 11 is 7.33. The van der Waals surface area contributed by atoms with Crippen molar-refractivity contribution in [3.05, 3.63) is 35.1 Å². The van der Waals surface area contributed by atoms with E-state index in [1.54, 1.807) is 13.2 Å². The number of carbonyl (C=O) groups excluding carboxylic acids is 1. The molecule has 0 unspecified atom stereocenters. The molecule has 8 heteroatoms. The third-order valence-corrected chi connectivity index (χ3v) is 4.10. The highest BCUT2D eigenvalue weighted by Crippen LogP contribution is 2.29. The SMILES string of the molecule is CCOc1ccc2nc(NC(=O)c3nn(C)cc3Cl)sc2c1. The minimum atomic E-state index is -0.380. The normalized spacial score (nSPS) is 10.9. The van der Waals surface area contributed by atoms with E-state index in [0.29, 0.717) is 16.8 Å². The number of ether oxygens (including phenoxy) is 1. The number of rotatable bonds is 4. The Morgan fingerprint density at radius 3 is 3.00 bits per heavy atom. The van der Waals surface area contributed by atoms with Crippen molar-refractivity contribution in [2.45, 2.75) is 6.92 Å². The molecule has 6 nitrogen and oxygen atoms in total. The standard InChI is InChI=1S/C14H13ClN4O2S/c1-3-21-8-4-5-10-11(6-8)22-14(16-10)17-13(20)12-9(15)7-19(2)18-12/h4-7H,3H2,1-2H3,(H,16,17,20). The second kappa shape index (κ2) is 5.94. The van der Waals surface area contributed by atoms with Gasteiger partial charge >= 0.3 is 0 Å². The molecular formula is C14H13ClN4O2S. The average molecular weight is 337 g/mol. The number of anilines is 1. The van der Waals surface area contributed by atoms with E-state index in [-0.39, 0.29) is 11.6 Å². The molecule has 0 saturated heterocycles. The molecule has 2 heterocycles. The number of amides is 1. The number of aryl methyl sites for hydroxylation is 1. The van der Waals surface area contributed by atoms with E-state index in [1.807, 2.05) is 25.1 Å². The predicted molar refractivity (Wildman–Crippen MR) is 87.0 cm³/mol. The molecule has 0 radical (unpaired) electrons. The van der Waals surface area contributed by atoms with Crippen LogP contribution in [0.3, 0.4) is 0 Å². The molecule has 22 heavy (non-hydrogen) atoms. The molecule has 0 aliphatic heterocycles. The van der Waals surface area contributed by atoms with Crippen LogP contribution >= 0.6 is 22.9 Å². The Bertz CT molecular complexity index is 843. The number of nitrogens with one attached hydrogen (secondary N) is 1. The van der Waals surface area contributed by atoms with Gasteiger partial charge in [0, 0.05) is 13.2 Å². The summed E-state index contributed by atoms with van der Waals surface area (Å²) in [7, 11) is 1.70. The Hall–Kier alpha value is -2.12. The van der Waals surface area contributed by atoms with Crippen LogP contribution < -0.4 is 10.1 Å². The van der Waals surface area contributed by atoms with Crippen molar-refractivity contribution in [3.63, 3.8) is 0 Å². The fourth-order valence-electron chi connectivity index (χ4n) is 1.98. The number of benzene rings is 1. The van der Waals surface area contributed by atoms with Crippen LogP contribution in [0.1, 0.15) is 17.4 Å². The molecule has 0 aliphatic carbocycles. The van der Waals surface area contributed by atoms with E-state index in [2.05, 4.69) is 15.4 Å². The van der Waals surface area contributed by atoms with Crippen LogP contribution in [0.15, 0.2) is 24.4 Å². The van der Waals surface area contributed by atoms with E-state index < -0.39 is 0 Å². The highest BCUT2D eigenvalue weighted by Gasteiger charge is 2.16. The molecule has 0 atom stereocenters. The van der Waals surface area contributed by atoms with Gasteiger partial charge in [0.2, 0.25) is 0 Å². The molecule has 114 valence electrons. The number of aromatic nitrogens is 3. The van der Waals surface area contributed by atoms with Gasteiger partial charge in [0.05, 0.1) is 21.8 Å². The van der Waals surface area contributed by atoms with Crippen molar-refractivity contribution in [1.82, 2.24) is 14.8 Å². The minimum absolute atomic E-state index is 0.179. The maximum Gasteiger partial charge on any atom is 0.279 e. The second-order valence-corrected chi connectivity index (χ2v) is 5.97. The summed E-state index contributed by atoms with van der Waals surface area (Å²) < 4.78 is 7.88. The Kier molecular flexibility index (Phi) is 4.00. The van der Waals surface area contributed by atoms with Crippen molar-refractivity contribution in [3.8, 4) is 5.75 Å². The lowest BCUT2D eigenvalue weighted by molar-refractivity contribution is 0.102. The highest BCUT2D eigenvalue weighted by atomic mass is 35.5. The van der Waals surface area contributed by atoms with Crippen molar-refractivity contribution in [2.24, 2.45) is 7.05 Å². The number of hydrogen-bond acceptors (Lipinski definition) is 5. The molecule has 3 aromatic rings. The first-order valence-corrected chi connectivity index (χ1v) is 7.80. The number of carbonyl (C=O) groups is 1. The van der Waals surface area contributed by atoms with Crippen LogP contribution in [0, 0.1) is 0 Å². The summed E-state index contributed by atoms with van der Waals surface area (Å²) in [6, 6.07) is 5.62. The van der Waals surface area contributed by atoms with Gasteiger partial charge in [-0.25, -0.2) is 4.98 Å². The van der Waals surface area contributed by atoms with Crippen molar-refractivity contribution >= 4 is 44.2 Å². The van der Waals surface area contributed by atoms with Gasteiger partial charge in [-0.3, -0.25) is 14.8 Å². The monoisotopic (exact) mass is 336 g/mol. The quantitative estimate of drug-likeness (QED) is 0.793. The number of fused-ring (bicyclic) bond motifs is 1. The molecule has 0 spiro atoms. The predicted octanol–water partition coefficient (Wildman–Crippen LogP) is 3.33. The van der Waals surface area contributed by atoms with Crippen LogP contribution in [0.4, 0.5) is 5.13 Å². The molecule has 1 N–H and O–H groups in total. The largest absolute Gasteiger partial charge is 0.494 e. The Morgan fingerprint density at radius 2 is 2.32 bits per heavy atom. The number of nitrogens with zero attached hydrogens (tertiary/aromatic N) is 3. The molecule has 0 fully saturated rings. The molecule has 1 amide bonds. The van der Waals surface area contributed by atoms with Gasteiger partial charge < -0.3 is 4.74 Å². The van der Waals surface area contributed by atoms with Gasteiger partial charge in [0.1, 0.15) is 5.75 Å². The molecular weight excluding hydrogens is 324 g/mol. The molecule has 0 aliphatic rings.